The van der Waals surface area contributed by atoms with Gasteiger partial charge in [-0.1, -0.05) is 67.5 Å². The highest BCUT2D eigenvalue weighted by Gasteiger charge is 2.16. The first kappa shape index (κ1) is 17.6. The van der Waals surface area contributed by atoms with Crippen LogP contribution in [0.25, 0.3) is 0 Å². The van der Waals surface area contributed by atoms with Gasteiger partial charge in [-0.2, -0.15) is 0 Å². The van der Waals surface area contributed by atoms with Gasteiger partial charge >= 0.3 is 0 Å². The monoisotopic (exact) mass is 322 g/mol. The Morgan fingerprint density at radius 2 is 1.91 bits per heavy atom. The highest BCUT2D eigenvalue weighted by atomic mass is 32.2. The lowest BCUT2D eigenvalue weighted by molar-refractivity contribution is 0.304. The molecule has 2 atom stereocenters. The third-order valence-electron chi connectivity index (χ3n) is 4.71. The molecule has 4 heteroatoms. The van der Waals surface area contributed by atoms with Crippen LogP contribution in [-0.2, 0) is 24.0 Å². The molecule has 22 heavy (non-hydrogen) atoms. The Morgan fingerprint density at radius 3 is 2.59 bits per heavy atom. The molecule has 0 aromatic heterocycles. The van der Waals surface area contributed by atoms with E-state index in [9.17, 15) is 8.76 Å². The van der Waals surface area contributed by atoms with Crippen LogP contribution in [0.15, 0.2) is 24.3 Å². The van der Waals surface area contributed by atoms with Crippen LogP contribution in [0.3, 0.4) is 0 Å². The molecule has 1 fully saturated rings. The second-order valence-electron chi connectivity index (χ2n) is 6.55. The van der Waals surface area contributed by atoms with Crippen molar-refractivity contribution in [3.63, 3.8) is 0 Å². The quantitative estimate of drug-likeness (QED) is 0.745. The van der Waals surface area contributed by atoms with Crippen LogP contribution in [0.1, 0.15) is 56.6 Å². The Labute approximate surface area is 137 Å². The van der Waals surface area contributed by atoms with E-state index in [4.69, 9.17) is 0 Å². The van der Waals surface area contributed by atoms with E-state index in [0.717, 1.165) is 18.0 Å². The molecule has 1 aromatic carbocycles. The Kier molecular flexibility index (Phi) is 7.56. The second kappa shape index (κ2) is 9.43. The maximum absolute atomic E-state index is 10.8. The van der Waals surface area contributed by atoms with Crippen LogP contribution in [0.5, 0.6) is 0 Å². The summed E-state index contributed by atoms with van der Waals surface area (Å²) in [6.45, 7) is 3.10. The Hall–Kier alpha value is -0.710. The summed E-state index contributed by atoms with van der Waals surface area (Å²) in [5, 5.41) is 3.62. The van der Waals surface area contributed by atoms with Crippen LogP contribution in [0, 0.1) is 5.92 Å². The first-order chi connectivity index (χ1) is 10.6. The molecule has 1 saturated carbocycles. The van der Waals surface area contributed by atoms with Crippen LogP contribution in [0.2, 0.25) is 0 Å². The number of nitrogens with one attached hydrogen (secondary N) is 1. The second-order valence-corrected chi connectivity index (χ2v) is 7.56. The van der Waals surface area contributed by atoms with Crippen LogP contribution < -0.4 is 5.32 Å². The molecular weight excluding hydrogens is 294 g/mol. The third-order valence-corrected chi connectivity index (χ3v) is 5.25. The average molecular weight is 322 g/mol. The molecule has 3 nitrogen and oxygen atoms in total. The van der Waals surface area contributed by atoms with E-state index in [2.05, 4.69) is 18.3 Å². The van der Waals surface area contributed by atoms with E-state index >= 15 is 0 Å². The molecule has 1 aliphatic rings. The van der Waals surface area contributed by atoms with Gasteiger partial charge in [0.2, 0.25) is 0 Å². The first-order valence-corrected chi connectivity index (χ1v) is 9.75. The van der Waals surface area contributed by atoms with Crippen molar-refractivity contribution in [2.75, 3.05) is 5.75 Å². The van der Waals surface area contributed by atoms with E-state index in [1.165, 1.54) is 44.1 Å². The zero-order chi connectivity index (χ0) is 15.8. The van der Waals surface area contributed by atoms with Gasteiger partial charge < -0.3 is 9.87 Å². The fourth-order valence-corrected chi connectivity index (χ4v) is 3.84. The summed E-state index contributed by atoms with van der Waals surface area (Å²) in [6.07, 6.45) is 8.83. The van der Waals surface area contributed by atoms with Crippen molar-refractivity contribution in [2.24, 2.45) is 5.92 Å². The molecule has 0 bridgehead atoms. The maximum Gasteiger partial charge on any atom is 0.0210 e. The zero-order valence-corrected chi connectivity index (χ0v) is 14.4. The van der Waals surface area contributed by atoms with Crippen molar-refractivity contribution in [2.45, 2.75) is 64.5 Å². The molecule has 124 valence electrons. The molecule has 1 aromatic rings. The fraction of sp³-hybridized carbons (Fsp3) is 0.667. The van der Waals surface area contributed by atoms with Gasteiger partial charge in [-0.05, 0) is 36.8 Å². The fourth-order valence-electron chi connectivity index (χ4n) is 3.46. The van der Waals surface area contributed by atoms with Crippen molar-refractivity contribution >= 4 is 11.1 Å². The summed E-state index contributed by atoms with van der Waals surface area (Å²) >= 11 is -1.96. The highest BCUT2D eigenvalue weighted by Crippen LogP contribution is 2.27. The minimum atomic E-state index is -1.96. The molecule has 1 aliphatic carbocycles. The predicted molar refractivity (Wildman–Crippen MR) is 91.4 cm³/mol. The van der Waals surface area contributed by atoms with E-state index in [1.807, 2.05) is 18.2 Å². The van der Waals surface area contributed by atoms with Gasteiger partial charge in [0.05, 0.1) is 0 Å². The largest absolute Gasteiger partial charge is 0.772 e. The van der Waals surface area contributed by atoms with Gasteiger partial charge in [0.1, 0.15) is 0 Å². The number of aryl methyl sites for hydroxylation is 1. The Bertz CT molecular complexity index is 472. The summed E-state index contributed by atoms with van der Waals surface area (Å²) < 4.78 is 21.5. The molecule has 0 spiro atoms. The Morgan fingerprint density at radius 1 is 1.23 bits per heavy atom. The summed E-state index contributed by atoms with van der Waals surface area (Å²) in [5.74, 6) is 1.09. The SMILES string of the molecule is CC(CC1CCCCC1)NCc1ccccc1CCS(=O)[O-]. The maximum atomic E-state index is 10.8. The van der Waals surface area contributed by atoms with Gasteiger partial charge in [-0.3, -0.25) is 4.21 Å². The first-order valence-electron chi connectivity index (χ1n) is 8.51. The molecule has 1 N–H and O–H groups in total. The molecule has 0 heterocycles. The van der Waals surface area contributed by atoms with Crippen molar-refractivity contribution in [3.8, 4) is 0 Å². The Balaban J connectivity index is 1.81. The van der Waals surface area contributed by atoms with Crippen molar-refractivity contribution < 1.29 is 8.76 Å². The van der Waals surface area contributed by atoms with Gasteiger partial charge in [-0.15, -0.1) is 0 Å². The molecule has 0 saturated heterocycles. The molecule has 2 rings (SSSR count). The van der Waals surface area contributed by atoms with Gasteiger partial charge in [-0.25, -0.2) is 0 Å². The average Bonchev–Trinajstić information content (AvgIpc) is 2.52. The minimum Gasteiger partial charge on any atom is -0.772 e. The van der Waals surface area contributed by atoms with E-state index in [-0.39, 0.29) is 5.75 Å². The molecular formula is C18H28NO2S-. The lowest BCUT2D eigenvalue weighted by Gasteiger charge is -2.25. The van der Waals surface area contributed by atoms with Crippen molar-refractivity contribution in [1.29, 1.82) is 0 Å². The summed E-state index contributed by atoms with van der Waals surface area (Å²) in [4.78, 5) is 0. The minimum absolute atomic E-state index is 0.203. The van der Waals surface area contributed by atoms with Crippen LogP contribution >= 0.6 is 0 Å². The number of rotatable bonds is 8. The lowest BCUT2D eigenvalue weighted by atomic mass is 9.85. The summed E-state index contributed by atoms with van der Waals surface area (Å²) in [5.41, 5.74) is 2.37. The molecule has 2 unspecified atom stereocenters. The van der Waals surface area contributed by atoms with Crippen LogP contribution in [0.4, 0.5) is 0 Å². The van der Waals surface area contributed by atoms with E-state index in [1.54, 1.807) is 0 Å². The normalized spacial score (nSPS) is 19.0. The standard InChI is InChI=1S/C18H29NO2S/c1-15(13-16-7-3-2-4-8-16)19-14-18-10-6-5-9-17(18)11-12-22(20)21/h5-6,9-10,15-16,19H,2-4,7-8,11-14H2,1H3,(H,20,21)/p-1. The molecule has 0 aliphatic heterocycles. The number of hydrogen-bond donors (Lipinski definition) is 1. The van der Waals surface area contributed by atoms with E-state index in [0.29, 0.717) is 12.5 Å². The number of benzene rings is 1. The topological polar surface area (TPSA) is 52.2 Å². The van der Waals surface area contributed by atoms with Gasteiger partial charge in [0.25, 0.3) is 0 Å². The summed E-state index contributed by atoms with van der Waals surface area (Å²) in [6, 6.07) is 8.67. The zero-order valence-electron chi connectivity index (χ0n) is 13.6. The summed E-state index contributed by atoms with van der Waals surface area (Å²) in [7, 11) is 0. The van der Waals surface area contributed by atoms with Crippen LogP contribution in [-0.4, -0.2) is 20.6 Å². The molecule has 0 radical (unpaired) electrons. The number of hydrogen-bond acceptors (Lipinski definition) is 3. The third kappa shape index (κ3) is 6.19. The smallest absolute Gasteiger partial charge is 0.0210 e. The van der Waals surface area contributed by atoms with Gasteiger partial charge in [0.15, 0.2) is 0 Å². The molecule has 0 amide bonds. The van der Waals surface area contributed by atoms with Crippen molar-refractivity contribution in [3.05, 3.63) is 35.4 Å². The van der Waals surface area contributed by atoms with Crippen molar-refractivity contribution in [1.82, 2.24) is 5.32 Å². The van der Waals surface area contributed by atoms with Gasteiger partial charge in [0, 0.05) is 18.3 Å². The highest BCUT2D eigenvalue weighted by molar-refractivity contribution is 7.79. The lowest BCUT2D eigenvalue weighted by Crippen LogP contribution is -2.29. The van der Waals surface area contributed by atoms with E-state index < -0.39 is 11.1 Å². The predicted octanol–water partition coefficient (Wildman–Crippen LogP) is 3.56.